The number of phenolic OH excluding ortho intramolecular Hbond substituents is 1. The predicted molar refractivity (Wildman–Crippen MR) is 175 cm³/mol. The summed E-state index contributed by atoms with van der Waals surface area (Å²) in [6.45, 7) is 4.20. The van der Waals surface area contributed by atoms with Gasteiger partial charge in [0.05, 0.1) is 16.2 Å². The van der Waals surface area contributed by atoms with Crippen LogP contribution in [0, 0.1) is 11.2 Å². The number of ether oxygens (including phenoxy) is 1. The lowest BCUT2D eigenvalue weighted by atomic mass is 9.73. The smallest absolute Gasteiger partial charge is 0.279 e. The van der Waals surface area contributed by atoms with Crippen LogP contribution in [0.3, 0.4) is 0 Å². The van der Waals surface area contributed by atoms with E-state index in [0.29, 0.717) is 27.5 Å². The van der Waals surface area contributed by atoms with Gasteiger partial charge in [0.15, 0.2) is 10.9 Å². The van der Waals surface area contributed by atoms with E-state index in [2.05, 4.69) is 31.2 Å². The van der Waals surface area contributed by atoms with Crippen molar-refractivity contribution in [3.05, 3.63) is 111 Å². The summed E-state index contributed by atoms with van der Waals surface area (Å²) in [5.41, 5.74) is 1.94. The number of ketones is 1. The molecule has 0 spiro atoms. The first-order chi connectivity index (χ1) is 21.6. The molecule has 0 radical (unpaired) electrons. The Bertz CT molecular complexity index is 1850. The van der Waals surface area contributed by atoms with E-state index in [9.17, 15) is 14.7 Å². The number of Topliss-reactive ketones (excluding diaryl/α,β-unsaturated/α-hetero) is 1. The Labute approximate surface area is 272 Å². The number of amides is 1. The van der Waals surface area contributed by atoms with Crippen LogP contribution in [-0.2, 0) is 11.4 Å². The first kappa shape index (κ1) is 30.8. The lowest BCUT2D eigenvalue weighted by Crippen LogP contribution is -2.40. The first-order valence-corrected chi connectivity index (χ1v) is 16.3. The molecule has 230 valence electrons. The molecule has 2 aliphatic rings. The largest absolute Gasteiger partial charge is 0.506 e. The molecule has 11 heteroatoms. The van der Waals surface area contributed by atoms with Crippen LogP contribution in [-0.4, -0.2) is 33.0 Å². The average Bonchev–Trinajstić information content (AvgIpc) is 3.15. The minimum absolute atomic E-state index is 0.0319. The molecule has 2 N–H and O–H groups in total. The molecule has 0 bridgehead atoms. The number of allylic oxidation sites excluding steroid dienone is 1. The highest BCUT2D eigenvalue weighted by Crippen LogP contribution is 2.51. The van der Waals surface area contributed by atoms with E-state index < -0.39 is 23.2 Å². The molecule has 45 heavy (non-hydrogen) atoms. The van der Waals surface area contributed by atoms with Crippen molar-refractivity contribution in [2.75, 3.05) is 16.5 Å². The van der Waals surface area contributed by atoms with Gasteiger partial charge in [-0.3, -0.25) is 14.5 Å². The number of aromatic hydroxyl groups is 1. The zero-order valence-corrected chi connectivity index (χ0v) is 27.2. The average molecular weight is 690 g/mol. The highest BCUT2D eigenvalue weighted by Gasteiger charge is 2.45. The van der Waals surface area contributed by atoms with Gasteiger partial charge in [-0.15, -0.1) is 0 Å². The van der Waals surface area contributed by atoms with Crippen LogP contribution >= 0.6 is 27.7 Å². The maximum absolute atomic E-state index is 16.4. The number of nitrogens with zero attached hydrogens (tertiary/aromatic N) is 3. The number of fused-ring (bicyclic) bond motifs is 1. The molecular weight excluding hydrogens is 659 g/mol. The van der Waals surface area contributed by atoms with Crippen molar-refractivity contribution in [1.82, 2.24) is 9.97 Å². The van der Waals surface area contributed by atoms with Gasteiger partial charge in [0.25, 0.3) is 5.91 Å². The van der Waals surface area contributed by atoms with Gasteiger partial charge < -0.3 is 15.2 Å². The zero-order chi connectivity index (χ0) is 31.9. The number of nitrogens with one attached hydrogen (secondary N) is 1. The third kappa shape index (κ3) is 6.06. The van der Waals surface area contributed by atoms with Crippen molar-refractivity contribution in [3.63, 3.8) is 0 Å². The van der Waals surface area contributed by atoms with E-state index in [1.54, 1.807) is 30.5 Å². The third-order valence-corrected chi connectivity index (χ3v) is 8.99. The molecule has 0 saturated carbocycles. The van der Waals surface area contributed by atoms with Crippen molar-refractivity contribution in [2.24, 2.45) is 5.41 Å². The number of hydrogen-bond donors (Lipinski definition) is 2. The maximum Gasteiger partial charge on any atom is 0.279 e. The number of rotatable bonds is 6. The van der Waals surface area contributed by atoms with Crippen LogP contribution in [0.5, 0.6) is 11.5 Å². The summed E-state index contributed by atoms with van der Waals surface area (Å²) in [5, 5.41) is 14.7. The quantitative estimate of drug-likeness (QED) is 0.120. The first-order valence-electron chi connectivity index (χ1n) is 14.3. The summed E-state index contributed by atoms with van der Waals surface area (Å²) in [7, 11) is 0. The fourth-order valence-electron chi connectivity index (χ4n) is 5.83. The summed E-state index contributed by atoms with van der Waals surface area (Å²) in [4.78, 5) is 38.8. The van der Waals surface area contributed by atoms with E-state index in [4.69, 9.17) is 4.74 Å². The summed E-state index contributed by atoms with van der Waals surface area (Å²) < 4.78 is 22.6. The van der Waals surface area contributed by atoms with Gasteiger partial charge in [0.1, 0.15) is 35.3 Å². The topological polar surface area (TPSA) is 105 Å². The third-order valence-electron chi connectivity index (χ3n) is 7.85. The number of carbonyl (C=O) groups excluding carboxylic acids is 2. The second-order valence-corrected chi connectivity index (χ2v) is 13.3. The number of para-hydroxylation sites is 1. The van der Waals surface area contributed by atoms with Crippen LogP contribution in [0.1, 0.15) is 54.3 Å². The summed E-state index contributed by atoms with van der Waals surface area (Å²) in [6.07, 6.45) is 3.91. The van der Waals surface area contributed by atoms with Crippen LogP contribution in [0.15, 0.2) is 93.8 Å². The Kier molecular flexibility index (Phi) is 8.41. The van der Waals surface area contributed by atoms with Gasteiger partial charge >= 0.3 is 0 Å². The number of aromatic nitrogens is 2. The van der Waals surface area contributed by atoms with E-state index in [0.717, 1.165) is 5.56 Å². The lowest BCUT2D eigenvalue weighted by Gasteiger charge is -2.37. The Morgan fingerprint density at radius 2 is 1.93 bits per heavy atom. The number of benzene rings is 3. The van der Waals surface area contributed by atoms with Gasteiger partial charge in [0.2, 0.25) is 0 Å². The summed E-state index contributed by atoms with van der Waals surface area (Å²) >= 11 is 4.68. The van der Waals surface area contributed by atoms with Crippen molar-refractivity contribution in [2.45, 2.75) is 44.5 Å². The molecule has 1 amide bonds. The minimum Gasteiger partial charge on any atom is -0.506 e. The van der Waals surface area contributed by atoms with Crippen molar-refractivity contribution in [3.8, 4) is 11.5 Å². The highest BCUT2D eigenvalue weighted by atomic mass is 79.9. The molecule has 0 fully saturated rings. The number of phenols is 1. The Morgan fingerprint density at radius 3 is 2.67 bits per heavy atom. The number of thioether (sulfide) groups is 1. The van der Waals surface area contributed by atoms with Crippen LogP contribution in [0.25, 0.3) is 0 Å². The molecule has 3 aromatic carbocycles. The number of hydrogen-bond acceptors (Lipinski definition) is 8. The molecule has 8 nitrogen and oxygen atoms in total. The fourth-order valence-corrected chi connectivity index (χ4v) is 6.54. The highest BCUT2D eigenvalue weighted by molar-refractivity contribution is 9.10. The molecule has 0 saturated heterocycles. The van der Waals surface area contributed by atoms with Gasteiger partial charge in [0, 0.05) is 35.5 Å². The van der Waals surface area contributed by atoms with Gasteiger partial charge in [-0.1, -0.05) is 62.0 Å². The molecule has 1 atom stereocenters. The monoisotopic (exact) mass is 688 g/mol. The van der Waals surface area contributed by atoms with E-state index >= 15 is 4.39 Å². The Morgan fingerprint density at radius 1 is 1.16 bits per heavy atom. The van der Waals surface area contributed by atoms with E-state index in [1.807, 2.05) is 44.2 Å². The van der Waals surface area contributed by atoms with Crippen LogP contribution < -0.4 is 15.0 Å². The summed E-state index contributed by atoms with van der Waals surface area (Å²) in [6, 6.07) is 17.6. The molecule has 1 aromatic heterocycles. The second-order valence-electron chi connectivity index (χ2n) is 11.7. The standard InChI is InChI=1S/C34H30BrFN4O4S/c1-34(2)15-24-28(27(42)16-34)31(21-13-12-20(14-23(21)36)44-18-19-8-5-4-6-9-19)40(25-10-7-11-26(41)30(25)38-24)32(43)29-22(35)17-37-33(39-29)45-3/h4-14,17,31,38,41H,15-16,18H2,1-3H3. The summed E-state index contributed by atoms with van der Waals surface area (Å²) in [5.74, 6) is -1.29. The molecule has 6 rings (SSSR count). The van der Waals surface area contributed by atoms with Crippen molar-refractivity contribution in [1.29, 1.82) is 0 Å². The molecule has 2 heterocycles. The SMILES string of the molecule is CSc1ncc(Br)c(C(=O)N2c3cccc(O)c3NC3=C(C(=O)CC(C)(C)C3)C2c2ccc(OCc3ccccc3)cc2F)n1. The fraction of sp³-hybridized carbons (Fsp3) is 0.235. The Hall–Kier alpha value is -4.22. The second kappa shape index (κ2) is 12.3. The van der Waals surface area contributed by atoms with E-state index in [1.165, 1.54) is 35.0 Å². The van der Waals surface area contributed by atoms with Gasteiger partial charge in [-0.05, 0) is 63.9 Å². The van der Waals surface area contributed by atoms with Crippen molar-refractivity contribution >= 4 is 50.8 Å². The van der Waals surface area contributed by atoms with E-state index in [-0.39, 0.29) is 52.8 Å². The molecule has 1 aliphatic heterocycles. The zero-order valence-electron chi connectivity index (χ0n) is 24.8. The normalized spacial score (nSPS) is 17.2. The van der Waals surface area contributed by atoms with Crippen LogP contribution in [0.4, 0.5) is 15.8 Å². The lowest BCUT2D eigenvalue weighted by molar-refractivity contribution is -0.118. The van der Waals surface area contributed by atoms with Gasteiger partial charge in [-0.25, -0.2) is 14.4 Å². The predicted octanol–water partition coefficient (Wildman–Crippen LogP) is 7.84. The number of anilines is 2. The maximum atomic E-state index is 16.4. The number of halogens is 2. The molecule has 1 unspecified atom stereocenters. The molecular formula is C34H30BrFN4O4S. The van der Waals surface area contributed by atoms with Crippen molar-refractivity contribution < 1.29 is 23.8 Å². The molecule has 4 aromatic rings. The van der Waals surface area contributed by atoms with Gasteiger partial charge in [-0.2, -0.15) is 0 Å². The minimum atomic E-state index is -1.19. The Balaban J connectivity index is 1.55. The number of carbonyl (C=O) groups is 2. The molecule has 1 aliphatic carbocycles. The van der Waals surface area contributed by atoms with Crippen LogP contribution in [0.2, 0.25) is 0 Å².